The highest BCUT2D eigenvalue weighted by atomic mass is 35.5. The molecule has 0 aliphatic rings. The first kappa shape index (κ1) is 9.65. The molecule has 1 rings (SSSR count). The third-order valence-electron chi connectivity index (χ3n) is 1.45. The minimum Gasteiger partial charge on any atom is -0.392 e. The van der Waals surface area contributed by atoms with Crippen LogP contribution in [-0.4, -0.2) is 9.67 Å². The van der Waals surface area contributed by atoms with Gasteiger partial charge in [0, 0.05) is 23.0 Å². The molecule has 0 radical (unpaired) electrons. The van der Waals surface area contributed by atoms with E-state index in [1.807, 2.05) is 23.0 Å². The van der Waals surface area contributed by atoms with E-state index in [1.165, 1.54) is 5.54 Å². The van der Waals surface area contributed by atoms with E-state index < -0.39 is 0 Å². The summed E-state index contributed by atoms with van der Waals surface area (Å²) in [5.74, 6) is 0. The van der Waals surface area contributed by atoms with Crippen LogP contribution in [0.1, 0.15) is 5.56 Å². The lowest BCUT2D eigenvalue weighted by atomic mass is 10.4. The molecule has 0 spiro atoms. The molecule has 0 amide bonds. The standard InChI is InChI=1S/C8H9Cl2NO/c9-3-8(10)5-11-2-1-7(4-11)6-12/h1-4,12H,5-6H2. The molecule has 0 fully saturated rings. The van der Waals surface area contributed by atoms with Crippen LogP contribution in [0.2, 0.25) is 0 Å². The van der Waals surface area contributed by atoms with E-state index in [1.54, 1.807) is 0 Å². The summed E-state index contributed by atoms with van der Waals surface area (Å²) >= 11 is 11.1. The summed E-state index contributed by atoms with van der Waals surface area (Å²) in [6.07, 6.45) is 3.66. The minimum atomic E-state index is 0.0508. The molecule has 1 heterocycles. The van der Waals surface area contributed by atoms with E-state index in [0.29, 0.717) is 11.6 Å². The summed E-state index contributed by atoms with van der Waals surface area (Å²) < 4.78 is 1.85. The zero-order valence-electron chi connectivity index (χ0n) is 6.37. The number of halogens is 2. The van der Waals surface area contributed by atoms with Gasteiger partial charge in [0.2, 0.25) is 0 Å². The molecule has 0 bridgehead atoms. The van der Waals surface area contributed by atoms with E-state index in [-0.39, 0.29) is 6.61 Å². The lowest BCUT2D eigenvalue weighted by molar-refractivity contribution is 0.282. The Hall–Kier alpha value is -0.440. The minimum absolute atomic E-state index is 0.0508. The van der Waals surface area contributed by atoms with Crippen LogP contribution in [0.4, 0.5) is 0 Å². The molecule has 1 aromatic rings. The number of rotatable bonds is 3. The molecular weight excluding hydrogens is 197 g/mol. The zero-order valence-corrected chi connectivity index (χ0v) is 7.89. The van der Waals surface area contributed by atoms with Crippen molar-refractivity contribution >= 4 is 23.2 Å². The Kier molecular flexibility index (Phi) is 3.66. The first-order valence-corrected chi connectivity index (χ1v) is 4.28. The van der Waals surface area contributed by atoms with Gasteiger partial charge in [0.05, 0.1) is 13.2 Å². The predicted octanol–water partition coefficient (Wildman–Crippen LogP) is 2.30. The van der Waals surface area contributed by atoms with Crippen molar-refractivity contribution in [2.45, 2.75) is 13.2 Å². The monoisotopic (exact) mass is 205 g/mol. The second kappa shape index (κ2) is 4.55. The Morgan fingerprint density at radius 2 is 2.42 bits per heavy atom. The largest absolute Gasteiger partial charge is 0.392 e. The molecule has 0 saturated carbocycles. The summed E-state index contributed by atoms with van der Waals surface area (Å²) in [5, 5.41) is 9.32. The third-order valence-corrected chi connectivity index (χ3v) is 2.05. The fraction of sp³-hybridized carbons (Fsp3) is 0.250. The molecule has 12 heavy (non-hydrogen) atoms. The zero-order chi connectivity index (χ0) is 8.97. The Balaban J connectivity index is 2.64. The maximum absolute atomic E-state index is 8.76. The molecule has 4 heteroatoms. The van der Waals surface area contributed by atoms with Crippen molar-refractivity contribution in [3.8, 4) is 0 Å². The molecule has 0 aliphatic carbocycles. The average molecular weight is 206 g/mol. The second-order valence-corrected chi connectivity index (χ2v) is 3.11. The van der Waals surface area contributed by atoms with Crippen LogP contribution >= 0.6 is 23.2 Å². The van der Waals surface area contributed by atoms with Gasteiger partial charge in [-0.15, -0.1) is 0 Å². The van der Waals surface area contributed by atoms with Gasteiger partial charge in [-0.2, -0.15) is 0 Å². The molecule has 0 aromatic carbocycles. The highest BCUT2D eigenvalue weighted by molar-refractivity contribution is 6.36. The van der Waals surface area contributed by atoms with Crippen LogP contribution in [0.3, 0.4) is 0 Å². The lowest BCUT2D eigenvalue weighted by Crippen LogP contribution is -1.93. The molecule has 0 saturated heterocycles. The normalized spacial score (nSPS) is 12.1. The molecule has 2 nitrogen and oxygen atoms in total. The van der Waals surface area contributed by atoms with E-state index in [0.717, 1.165) is 5.56 Å². The van der Waals surface area contributed by atoms with Gasteiger partial charge in [-0.25, -0.2) is 0 Å². The van der Waals surface area contributed by atoms with Gasteiger partial charge < -0.3 is 9.67 Å². The average Bonchev–Trinajstić information content (AvgIpc) is 2.52. The fourth-order valence-electron chi connectivity index (χ4n) is 0.891. The van der Waals surface area contributed by atoms with E-state index >= 15 is 0 Å². The van der Waals surface area contributed by atoms with Gasteiger partial charge in [-0.3, -0.25) is 0 Å². The summed E-state index contributed by atoms with van der Waals surface area (Å²) in [4.78, 5) is 0. The molecule has 0 unspecified atom stereocenters. The highest BCUT2D eigenvalue weighted by Gasteiger charge is 1.96. The quantitative estimate of drug-likeness (QED) is 0.806. The number of aliphatic hydroxyl groups excluding tert-OH is 1. The number of aliphatic hydroxyl groups is 1. The number of allylic oxidation sites excluding steroid dienone is 1. The second-order valence-electron chi connectivity index (χ2n) is 2.41. The van der Waals surface area contributed by atoms with Gasteiger partial charge in [0.25, 0.3) is 0 Å². The first-order valence-electron chi connectivity index (χ1n) is 3.46. The summed E-state index contributed by atoms with van der Waals surface area (Å²) in [5.41, 5.74) is 2.20. The van der Waals surface area contributed by atoms with Crippen molar-refractivity contribution in [2.24, 2.45) is 0 Å². The van der Waals surface area contributed by atoms with Crippen LogP contribution in [0.5, 0.6) is 0 Å². The molecular formula is C8H9Cl2NO. The lowest BCUT2D eigenvalue weighted by Gasteiger charge is -1.98. The van der Waals surface area contributed by atoms with Gasteiger partial charge >= 0.3 is 0 Å². The van der Waals surface area contributed by atoms with Crippen LogP contribution in [-0.2, 0) is 13.2 Å². The fourth-order valence-corrected chi connectivity index (χ4v) is 1.10. The van der Waals surface area contributed by atoms with Gasteiger partial charge in [-0.1, -0.05) is 23.2 Å². The molecule has 66 valence electrons. The summed E-state index contributed by atoms with van der Waals surface area (Å²) in [7, 11) is 0. The predicted molar refractivity (Wildman–Crippen MR) is 50.1 cm³/mol. The summed E-state index contributed by atoms with van der Waals surface area (Å²) in [6, 6.07) is 1.83. The van der Waals surface area contributed by atoms with Gasteiger partial charge in [-0.05, 0) is 11.6 Å². The van der Waals surface area contributed by atoms with Crippen molar-refractivity contribution in [3.63, 3.8) is 0 Å². The SMILES string of the molecule is OCc1ccn(CC(Cl)=CCl)c1. The smallest absolute Gasteiger partial charge is 0.0696 e. The van der Waals surface area contributed by atoms with E-state index in [9.17, 15) is 0 Å². The number of aromatic nitrogens is 1. The van der Waals surface area contributed by atoms with E-state index in [2.05, 4.69) is 0 Å². The van der Waals surface area contributed by atoms with Crippen molar-refractivity contribution in [1.29, 1.82) is 0 Å². The molecule has 0 aliphatic heterocycles. The number of hydrogen-bond donors (Lipinski definition) is 1. The molecule has 0 atom stereocenters. The number of hydrogen-bond acceptors (Lipinski definition) is 1. The Morgan fingerprint density at radius 1 is 1.67 bits per heavy atom. The first-order chi connectivity index (χ1) is 5.76. The van der Waals surface area contributed by atoms with Crippen LogP contribution < -0.4 is 0 Å². The molecule has 1 aromatic heterocycles. The molecule has 1 N–H and O–H groups in total. The van der Waals surface area contributed by atoms with Crippen molar-refractivity contribution < 1.29 is 5.11 Å². The van der Waals surface area contributed by atoms with Gasteiger partial charge in [0.15, 0.2) is 0 Å². The highest BCUT2D eigenvalue weighted by Crippen LogP contribution is 2.09. The Labute approximate surface area is 81.0 Å². The van der Waals surface area contributed by atoms with Crippen molar-refractivity contribution in [1.82, 2.24) is 4.57 Å². The van der Waals surface area contributed by atoms with Crippen LogP contribution in [0.25, 0.3) is 0 Å². The maximum atomic E-state index is 8.76. The van der Waals surface area contributed by atoms with Crippen LogP contribution in [0.15, 0.2) is 29.0 Å². The Bertz CT molecular complexity index is 280. The van der Waals surface area contributed by atoms with Gasteiger partial charge in [0.1, 0.15) is 0 Å². The van der Waals surface area contributed by atoms with Crippen molar-refractivity contribution in [3.05, 3.63) is 34.6 Å². The summed E-state index contributed by atoms with van der Waals surface area (Å²) in [6.45, 7) is 0.597. The maximum Gasteiger partial charge on any atom is 0.0696 e. The third kappa shape index (κ3) is 2.55. The Morgan fingerprint density at radius 3 is 2.92 bits per heavy atom. The van der Waals surface area contributed by atoms with Crippen molar-refractivity contribution in [2.75, 3.05) is 0 Å². The number of nitrogens with zero attached hydrogens (tertiary/aromatic N) is 1. The van der Waals surface area contributed by atoms with Crippen LogP contribution in [0, 0.1) is 0 Å². The van der Waals surface area contributed by atoms with E-state index in [4.69, 9.17) is 28.3 Å². The topological polar surface area (TPSA) is 25.2 Å².